The second kappa shape index (κ2) is 10.7. The van der Waals surface area contributed by atoms with Crippen LogP contribution in [0.15, 0.2) is 73.6 Å². The van der Waals surface area contributed by atoms with Crippen LogP contribution in [0.3, 0.4) is 0 Å². The number of allylic oxidation sites excluding steroid dienone is 1. The fourth-order valence-electron chi connectivity index (χ4n) is 2.89. The highest BCUT2D eigenvalue weighted by Crippen LogP contribution is 2.39. The Labute approximate surface area is 189 Å². The Balaban J connectivity index is 2.03. The molecule has 1 aromatic carbocycles. The van der Waals surface area contributed by atoms with E-state index in [0.29, 0.717) is 17.3 Å². The summed E-state index contributed by atoms with van der Waals surface area (Å²) in [5.74, 6) is 0. The number of alkyl carbamates (subject to hydrolysis) is 1. The number of ether oxygens (including phenoxy) is 1. The number of nitrogens with one attached hydrogen (secondary N) is 2. The molecule has 1 aromatic heterocycles. The third kappa shape index (κ3) is 5.65. The molecule has 1 aliphatic rings. The number of rotatable bonds is 5. The molecule has 0 fully saturated rings. The largest absolute Gasteiger partial charge is 0.453 e. The van der Waals surface area contributed by atoms with Gasteiger partial charge in [-0.15, -0.1) is 11.3 Å². The van der Waals surface area contributed by atoms with Gasteiger partial charge in [-0.1, -0.05) is 53.9 Å². The molecule has 2 aromatic rings. The number of amides is 1. The van der Waals surface area contributed by atoms with Gasteiger partial charge in [0.15, 0.2) is 5.17 Å². The summed E-state index contributed by atoms with van der Waals surface area (Å²) in [6.07, 6.45) is 5.74. The van der Waals surface area contributed by atoms with Gasteiger partial charge >= 0.3 is 6.09 Å². The van der Waals surface area contributed by atoms with Gasteiger partial charge in [-0.3, -0.25) is 5.32 Å². The molecule has 1 aliphatic carbocycles. The zero-order chi connectivity index (χ0) is 21.5. The van der Waals surface area contributed by atoms with Gasteiger partial charge < -0.3 is 10.1 Å². The maximum Gasteiger partial charge on any atom is 0.412 e. The van der Waals surface area contributed by atoms with Crippen molar-refractivity contribution >= 4 is 51.8 Å². The first-order valence-corrected chi connectivity index (χ1v) is 12.2. The lowest BCUT2D eigenvalue weighted by molar-refractivity contribution is 0.177. The Kier molecular flexibility index (Phi) is 7.95. The minimum atomic E-state index is -0.571. The number of hydrogen-bond donors (Lipinski definition) is 2. The van der Waals surface area contributed by atoms with Crippen molar-refractivity contribution in [2.45, 2.75) is 23.6 Å². The van der Waals surface area contributed by atoms with Crippen LogP contribution in [0.5, 0.6) is 0 Å². The smallest absolute Gasteiger partial charge is 0.412 e. The van der Waals surface area contributed by atoms with Crippen molar-refractivity contribution in [1.82, 2.24) is 5.32 Å². The molecule has 3 rings (SSSR count). The summed E-state index contributed by atoms with van der Waals surface area (Å²) in [6, 6.07) is 11.8. The van der Waals surface area contributed by atoms with E-state index < -0.39 is 12.1 Å². The number of benzene rings is 1. The van der Waals surface area contributed by atoms with Crippen LogP contribution < -0.4 is 5.32 Å². The minimum Gasteiger partial charge on any atom is -0.453 e. The van der Waals surface area contributed by atoms with E-state index in [1.165, 1.54) is 28.6 Å². The molecule has 1 atom stereocenters. The monoisotopic (exact) mass is 457 g/mol. The van der Waals surface area contributed by atoms with Gasteiger partial charge in [-0.2, -0.15) is 0 Å². The van der Waals surface area contributed by atoms with Gasteiger partial charge in [0.05, 0.1) is 17.0 Å². The van der Waals surface area contributed by atoms with E-state index in [4.69, 9.17) is 15.1 Å². The van der Waals surface area contributed by atoms with Crippen molar-refractivity contribution in [3.05, 3.63) is 75.5 Å². The van der Waals surface area contributed by atoms with E-state index >= 15 is 0 Å². The number of thioether (sulfide) groups is 2. The second-order valence-electron chi connectivity index (χ2n) is 6.49. The molecule has 156 valence electrons. The van der Waals surface area contributed by atoms with E-state index in [9.17, 15) is 4.79 Å². The molecule has 0 spiro atoms. The predicted octanol–water partition coefficient (Wildman–Crippen LogP) is 5.68. The number of thiophene rings is 1. The summed E-state index contributed by atoms with van der Waals surface area (Å²) < 4.78 is 5.93. The lowest BCUT2D eigenvalue weighted by atomic mass is 9.92. The van der Waals surface area contributed by atoms with Crippen molar-refractivity contribution in [3.63, 3.8) is 0 Å². The Hall–Kier alpha value is -2.29. The molecule has 1 unspecified atom stereocenters. The quantitative estimate of drug-likeness (QED) is 0.447. The summed E-state index contributed by atoms with van der Waals surface area (Å²) in [6.45, 7) is 2.10. The first-order chi connectivity index (χ1) is 14.5. The van der Waals surface area contributed by atoms with Crippen LogP contribution >= 0.6 is 34.9 Å². The zero-order valence-corrected chi connectivity index (χ0v) is 19.4. The second-order valence-corrected chi connectivity index (χ2v) is 9.51. The molecule has 1 amide bonds. The van der Waals surface area contributed by atoms with Crippen LogP contribution in [-0.2, 0) is 11.2 Å². The summed E-state index contributed by atoms with van der Waals surface area (Å²) in [7, 11) is 1.32. The van der Waals surface area contributed by atoms with E-state index in [0.717, 1.165) is 16.0 Å². The molecule has 0 bridgehead atoms. The highest BCUT2D eigenvalue weighted by Gasteiger charge is 2.26. The number of carbonyl (C=O) groups is 1. The van der Waals surface area contributed by atoms with Crippen LogP contribution in [-0.4, -0.2) is 36.4 Å². The number of amidine groups is 1. The van der Waals surface area contributed by atoms with E-state index in [1.54, 1.807) is 29.2 Å². The number of carbonyl (C=O) groups excluding carboxylic acids is 1. The van der Waals surface area contributed by atoms with Gasteiger partial charge in [0.2, 0.25) is 0 Å². The standard InChI is InChI=1S/C22H23N3O2S3/c1-14-11-12-29-20(14)30-18-10-9-17(23)19(24-21(28-3)25-22(26)27-2)16(18)13-15-7-5-4-6-8-15/h4-12,19,23H,13H2,1-3H3,(H,24,25,26). The van der Waals surface area contributed by atoms with Gasteiger partial charge in [0.1, 0.15) is 6.04 Å². The number of hydrogen-bond acceptors (Lipinski definition) is 7. The van der Waals surface area contributed by atoms with Crippen LogP contribution in [0.2, 0.25) is 0 Å². The van der Waals surface area contributed by atoms with Crippen molar-refractivity contribution < 1.29 is 9.53 Å². The SMILES string of the molecule is COC(=O)NC(=NC1C(=N)C=CC(Sc2sccc2C)=C1Cc1ccccc1)SC. The first kappa shape index (κ1) is 22.4. The Bertz CT molecular complexity index is 1010. The fraction of sp³-hybridized carbons (Fsp3) is 0.227. The molecular weight excluding hydrogens is 434 g/mol. The molecular formula is C22H23N3O2S3. The van der Waals surface area contributed by atoms with Crippen LogP contribution in [0.25, 0.3) is 0 Å². The number of methoxy groups -OCH3 is 1. The molecule has 0 saturated heterocycles. The first-order valence-electron chi connectivity index (χ1n) is 9.24. The predicted molar refractivity (Wildman–Crippen MR) is 129 cm³/mol. The average molecular weight is 458 g/mol. The third-order valence-corrected chi connectivity index (χ3v) is 7.51. The number of aliphatic imine (C=N–C) groups is 1. The van der Waals surface area contributed by atoms with E-state index in [2.05, 4.69) is 35.8 Å². The van der Waals surface area contributed by atoms with Crippen molar-refractivity contribution in [2.75, 3.05) is 13.4 Å². The maximum absolute atomic E-state index is 11.7. The number of aryl methyl sites for hydroxylation is 1. The molecule has 2 N–H and O–H groups in total. The fourth-order valence-corrected chi connectivity index (χ4v) is 5.44. The third-order valence-electron chi connectivity index (χ3n) is 4.44. The molecule has 0 aliphatic heterocycles. The van der Waals surface area contributed by atoms with Crippen molar-refractivity contribution in [1.29, 1.82) is 5.41 Å². The Morgan fingerprint density at radius 1 is 1.27 bits per heavy atom. The van der Waals surface area contributed by atoms with Crippen LogP contribution in [0.4, 0.5) is 4.79 Å². The maximum atomic E-state index is 11.7. The molecule has 30 heavy (non-hydrogen) atoms. The highest BCUT2D eigenvalue weighted by atomic mass is 32.2. The lowest BCUT2D eigenvalue weighted by Crippen LogP contribution is -2.32. The van der Waals surface area contributed by atoms with Gasteiger partial charge in [0.25, 0.3) is 0 Å². The summed E-state index contributed by atoms with van der Waals surface area (Å²) in [4.78, 5) is 17.5. The normalized spacial score (nSPS) is 16.7. The molecule has 5 nitrogen and oxygen atoms in total. The van der Waals surface area contributed by atoms with Gasteiger partial charge in [-0.25, -0.2) is 9.79 Å². The number of nitrogens with zero attached hydrogens (tertiary/aromatic N) is 1. The molecule has 0 radical (unpaired) electrons. The lowest BCUT2D eigenvalue weighted by Gasteiger charge is -2.24. The van der Waals surface area contributed by atoms with Crippen LogP contribution in [0.1, 0.15) is 11.1 Å². The molecule has 1 heterocycles. The van der Waals surface area contributed by atoms with Crippen molar-refractivity contribution in [3.8, 4) is 0 Å². The topological polar surface area (TPSA) is 74.5 Å². The van der Waals surface area contributed by atoms with Crippen LogP contribution in [0, 0.1) is 12.3 Å². The molecule has 0 saturated carbocycles. The minimum absolute atomic E-state index is 0.395. The highest BCUT2D eigenvalue weighted by molar-refractivity contribution is 8.13. The van der Waals surface area contributed by atoms with Gasteiger partial charge in [-0.05, 0) is 59.9 Å². The molecule has 8 heteroatoms. The zero-order valence-electron chi connectivity index (χ0n) is 17.0. The Morgan fingerprint density at radius 2 is 2.03 bits per heavy atom. The van der Waals surface area contributed by atoms with Crippen molar-refractivity contribution in [2.24, 2.45) is 4.99 Å². The average Bonchev–Trinajstić information content (AvgIpc) is 3.16. The van der Waals surface area contributed by atoms with E-state index in [-0.39, 0.29) is 0 Å². The van der Waals surface area contributed by atoms with Gasteiger partial charge in [0, 0.05) is 4.91 Å². The summed E-state index contributed by atoms with van der Waals surface area (Å²) >= 11 is 4.74. The van der Waals surface area contributed by atoms with E-state index in [1.807, 2.05) is 30.5 Å². The summed E-state index contributed by atoms with van der Waals surface area (Å²) in [5, 5.41) is 13.7. The Morgan fingerprint density at radius 3 is 2.67 bits per heavy atom. The summed E-state index contributed by atoms with van der Waals surface area (Å²) in [5.41, 5.74) is 3.84.